The van der Waals surface area contributed by atoms with Crippen LogP contribution in [0.3, 0.4) is 0 Å². The highest BCUT2D eigenvalue weighted by Gasteiger charge is 2.12. The van der Waals surface area contributed by atoms with Crippen molar-refractivity contribution in [3.63, 3.8) is 0 Å². The molecule has 3 N–H and O–H groups in total. The Hall–Kier alpha value is -2.69. The fourth-order valence-electron chi connectivity index (χ4n) is 2.00. The highest BCUT2D eigenvalue weighted by molar-refractivity contribution is 6.05. The van der Waals surface area contributed by atoms with Crippen LogP contribution in [-0.4, -0.2) is 19.1 Å². The fourth-order valence-corrected chi connectivity index (χ4v) is 2.00. The van der Waals surface area contributed by atoms with Gasteiger partial charge >= 0.3 is 0 Å². The van der Waals surface area contributed by atoms with E-state index in [9.17, 15) is 4.79 Å². The van der Waals surface area contributed by atoms with E-state index in [1.807, 2.05) is 32.0 Å². The maximum atomic E-state index is 12.3. The largest absolute Gasteiger partial charge is 0.495 e. The molecule has 0 aliphatic carbocycles. The van der Waals surface area contributed by atoms with Gasteiger partial charge in [-0.1, -0.05) is 12.1 Å². The summed E-state index contributed by atoms with van der Waals surface area (Å²) >= 11 is 0. The first-order chi connectivity index (χ1) is 10.5. The lowest BCUT2D eigenvalue weighted by atomic mass is 10.1. The summed E-state index contributed by atoms with van der Waals surface area (Å²) in [4.78, 5) is 12.3. The van der Waals surface area contributed by atoms with Gasteiger partial charge in [-0.15, -0.1) is 0 Å². The summed E-state index contributed by atoms with van der Waals surface area (Å²) in [5.41, 5.74) is 7.32. The van der Waals surface area contributed by atoms with Gasteiger partial charge in [-0.2, -0.15) is 0 Å². The Bertz CT molecular complexity index is 669. The third-order valence-corrected chi connectivity index (χ3v) is 2.99. The van der Waals surface area contributed by atoms with Gasteiger partial charge in [-0.05, 0) is 44.2 Å². The molecule has 116 valence electrons. The van der Waals surface area contributed by atoms with Gasteiger partial charge in [0.25, 0.3) is 5.91 Å². The molecule has 0 heterocycles. The number of anilines is 2. The Balaban J connectivity index is 2.20. The normalized spacial score (nSPS) is 10.4. The molecule has 0 radical (unpaired) electrons. The smallest absolute Gasteiger partial charge is 0.255 e. The molecule has 0 atom stereocenters. The zero-order chi connectivity index (χ0) is 16.1. The number of para-hydroxylation sites is 2. The number of hydrogen-bond acceptors (Lipinski definition) is 4. The third-order valence-electron chi connectivity index (χ3n) is 2.99. The van der Waals surface area contributed by atoms with Crippen LogP contribution in [0.15, 0.2) is 42.5 Å². The molecule has 0 unspecified atom stereocenters. The van der Waals surface area contributed by atoms with E-state index in [0.717, 1.165) is 0 Å². The molecule has 0 spiro atoms. The van der Waals surface area contributed by atoms with Crippen molar-refractivity contribution in [2.24, 2.45) is 0 Å². The molecule has 0 saturated carbocycles. The van der Waals surface area contributed by atoms with E-state index in [2.05, 4.69) is 5.32 Å². The Morgan fingerprint density at radius 2 is 1.86 bits per heavy atom. The molecule has 0 aliphatic heterocycles. The predicted octanol–water partition coefficient (Wildman–Crippen LogP) is 3.32. The van der Waals surface area contributed by atoms with Crippen LogP contribution in [0.25, 0.3) is 0 Å². The van der Waals surface area contributed by atoms with E-state index in [-0.39, 0.29) is 12.0 Å². The predicted molar refractivity (Wildman–Crippen MR) is 87.6 cm³/mol. The van der Waals surface area contributed by atoms with Crippen LogP contribution in [0.2, 0.25) is 0 Å². The van der Waals surface area contributed by atoms with E-state index in [0.29, 0.717) is 28.4 Å². The average Bonchev–Trinajstić information content (AvgIpc) is 2.48. The van der Waals surface area contributed by atoms with Crippen LogP contribution in [-0.2, 0) is 0 Å². The molecule has 0 saturated heterocycles. The number of hydrogen-bond donors (Lipinski definition) is 2. The summed E-state index contributed by atoms with van der Waals surface area (Å²) < 4.78 is 10.8. The van der Waals surface area contributed by atoms with E-state index in [1.165, 1.54) is 7.11 Å². The van der Waals surface area contributed by atoms with Crippen LogP contribution in [0.1, 0.15) is 24.2 Å². The number of amides is 1. The molecule has 0 bridgehead atoms. The second-order valence-electron chi connectivity index (χ2n) is 5.07. The molecule has 0 aliphatic rings. The molecule has 2 aromatic carbocycles. The third kappa shape index (κ3) is 3.69. The summed E-state index contributed by atoms with van der Waals surface area (Å²) in [6.45, 7) is 3.87. The Morgan fingerprint density at radius 1 is 1.14 bits per heavy atom. The number of ether oxygens (including phenoxy) is 2. The van der Waals surface area contributed by atoms with Crippen molar-refractivity contribution in [2.75, 3.05) is 18.2 Å². The molecule has 5 heteroatoms. The van der Waals surface area contributed by atoms with Gasteiger partial charge in [-0.3, -0.25) is 4.79 Å². The van der Waals surface area contributed by atoms with Gasteiger partial charge < -0.3 is 20.5 Å². The van der Waals surface area contributed by atoms with Crippen LogP contribution in [0, 0.1) is 0 Å². The van der Waals surface area contributed by atoms with Crippen molar-refractivity contribution >= 4 is 17.3 Å². The van der Waals surface area contributed by atoms with Gasteiger partial charge in [0, 0.05) is 5.56 Å². The van der Waals surface area contributed by atoms with Gasteiger partial charge in [0.05, 0.1) is 24.6 Å². The standard InChI is InChI=1S/C17H20N2O3/c1-11(2)22-16-7-5-4-6-14(16)19-17(20)12-8-9-15(21-3)13(18)10-12/h4-11H,18H2,1-3H3,(H,19,20). The van der Waals surface area contributed by atoms with E-state index < -0.39 is 0 Å². The van der Waals surface area contributed by atoms with E-state index in [1.54, 1.807) is 24.3 Å². The monoisotopic (exact) mass is 300 g/mol. The number of nitrogens with one attached hydrogen (secondary N) is 1. The van der Waals surface area contributed by atoms with Crippen molar-refractivity contribution in [3.05, 3.63) is 48.0 Å². The minimum atomic E-state index is -0.255. The number of carbonyl (C=O) groups excluding carboxylic acids is 1. The summed E-state index contributed by atoms with van der Waals surface area (Å²) in [6, 6.07) is 12.2. The Morgan fingerprint density at radius 3 is 2.50 bits per heavy atom. The first-order valence-electron chi connectivity index (χ1n) is 7.02. The second kappa shape index (κ2) is 6.85. The lowest BCUT2D eigenvalue weighted by molar-refractivity contribution is 0.102. The van der Waals surface area contributed by atoms with Gasteiger partial charge in [0.1, 0.15) is 11.5 Å². The summed E-state index contributed by atoms with van der Waals surface area (Å²) in [6.07, 6.45) is 0.0229. The van der Waals surface area contributed by atoms with Crippen LogP contribution >= 0.6 is 0 Å². The molecule has 2 aromatic rings. The van der Waals surface area contributed by atoms with Gasteiger partial charge in [0.15, 0.2) is 0 Å². The molecular formula is C17H20N2O3. The van der Waals surface area contributed by atoms with Crippen molar-refractivity contribution in [2.45, 2.75) is 20.0 Å². The summed E-state index contributed by atoms with van der Waals surface area (Å²) in [5.74, 6) is 0.918. The molecule has 22 heavy (non-hydrogen) atoms. The second-order valence-corrected chi connectivity index (χ2v) is 5.07. The number of nitrogens with two attached hydrogens (primary N) is 1. The van der Waals surface area contributed by atoms with Gasteiger partial charge in [-0.25, -0.2) is 0 Å². The number of rotatable bonds is 5. The molecule has 2 rings (SSSR count). The maximum absolute atomic E-state index is 12.3. The number of carbonyl (C=O) groups is 1. The zero-order valence-electron chi connectivity index (χ0n) is 12.9. The van der Waals surface area contributed by atoms with Crippen molar-refractivity contribution in [1.82, 2.24) is 0 Å². The fraction of sp³-hybridized carbons (Fsp3) is 0.235. The first-order valence-corrected chi connectivity index (χ1v) is 7.02. The lowest BCUT2D eigenvalue weighted by Crippen LogP contribution is -2.14. The zero-order valence-corrected chi connectivity index (χ0v) is 12.9. The Labute approximate surface area is 130 Å². The van der Waals surface area contributed by atoms with Crippen LogP contribution < -0.4 is 20.5 Å². The van der Waals surface area contributed by atoms with Crippen LogP contribution in [0.5, 0.6) is 11.5 Å². The highest BCUT2D eigenvalue weighted by Crippen LogP contribution is 2.27. The summed E-state index contributed by atoms with van der Waals surface area (Å²) in [7, 11) is 1.53. The number of benzene rings is 2. The molecular weight excluding hydrogens is 280 g/mol. The van der Waals surface area contributed by atoms with E-state index >= 15 is 0 Å². The van der Waals surface area contributed by atoms with E-state index in [4.69, 9.17) is 15.2 Å². The molecule has 5 nitrogen and oxygen atoms in total. The van der Waals surface area contributed by atoms with Crippen molar-refractivity contribution in [3.8, 4) is 11.5 Å². The van der Waals surface area contributed by atoms with Crippen LogP contribution in [0.4, 0.5) is 11.4 Å². The summed E-state index contributed by atoms with van der Waals surface area (Å²) in [5, 5.41) is 2.84. The lowest BCUT2D eigenvalue weighted by Gasteiger charge is -2.15. The number of nitrogen functional groups attached to an aromatic ring is 1. The molecule has 1 amide bonds. The Kier molecular flexibility index (Phi) is 4.88. The topological polar surface area (TPSA) is 73.6 Å². The minimum absolute atomic E-state index is 0.0229. The number of methoxy groups -OCH3 is 1. The van der Waals surface area contributed by atoms with Crippen molar-refractivity contribution in [1.29, 1.82) is 0 Å². The minimum Gasteiger partial charge on any atom is -0.495 e. The first kappa shape index (κ1) is 15.7. The van der Waals surface area contributed by atoms with Crippen molar-refractivity contribution < 1.29 is 14.3 Å². The average molecular weight is 300 g/mol. The quantitative estimate of drug-likeness (QED) is 0.831. The highest BCUT2D eigenvalue weighted by atomic mass is 16.5. The molecule has 0 aromatic heterocycles. The van der Waals surface area contributed by atoms with Gasteiger partial charge in [0.2, 0.25) is 0 Å². The maximum Gasteiger partial charge on any atom is 0.255 e. The molecule has 0 fully saturated rings. The SMILES string of the molecule is COc1ccc(C(=O)Nc2ccccc2OC(C)C)cc1N.